The monoisotopic (exact) mass is 295 g/mol. The minimum absolute atomic E-state index is 0.244. The molecule has 0 radical (unpaired) electrons. The molecule has 0 spiro atoms. The predicted molar refractivity (Wildman–Crippen MR) is 55.3 cm³/mol. The van der Waals surface area contributed by atoms with Crippen molar-refractivity contribution >= 4 is 28.5 Å². The third-order valence-electron chi connectivity index (χ3n) is 1.38. The van der Waals surface area contributed by atoms with Crippen molar-refractivity contribution in [1.29, 1.82) is 0 Å². The Labute approximate surface area is 89.1 Å². The molecular formula is C7H10IN3O2. The van der Waals surface area contributed by atoms with Crippen LogP contribution < -0.4 is 5.32 Å². The van der Waals surface area contributed by atoms with Gasteiger partial charge in [0.25, 0.3) is 5.91 Å². The van der Waals surface area contributed by atoms with Crippen LogP contribution in [0, 0.1) is 3.57 Å². The second-order valence-electron chi connectivity index (χ2n) is 2.65. The molecule has 0 bridgehead atoms. The standard InChI is InChI=1S/C7H10IN3O2/c1-4(12)2-9-7(13)6-5(8)3-10-11-6/h3-4,12H,2H2,1H3,(H,9,13)(H,10,11)/t4-/m0/s1. The van der Waals surface area contributed by atoms with Crippen molar-refractivity contribution in [3.63, 3.8) is 0 Å². The topological polar surface area (TPSA) is 78.0 Å². The highest BCUT2D eigenvalue weighted by Gasteiger charge is 2.11. The summed E-state index contributed by atoms with van der Waals surface area (Å²) in [6.45, 7) is 1.85. The molecule has 0 aliphatic carbocycles. The van der Waals surface area contributed by atoms with Gasteiger partial charge in [0.15, 0.2) is 0 Å². The number of carbonyl (C=O) groups excluding carboxylic acids is 1. The van der Waals surface area contributed by atoms with Gasteiger partial charge in [-0.2, -0.15) is 5.10 Å². The number of rotatable bonds is 3. The molecule has 1 rings (SSSR count). The molecule has 1 amide bonds. The Hall–Kier alpha value is -0.630. The highest BCUT2D eigenvalue weighted by atomic mass is 127. The zero-order valence-corrected chi connectivity index (χ0v) is 9.20. The van der Waals surface area contributed by atoms with Gasteiger partial charge in [-0.25, -0.2) is 0 Å². The van der Waals surface area contributed by atoms with Crippen LogP contribution in [-0.2, 0) is 0 Å². The van der Waals surface area contributed by atoms with E-state index in [-0.39, 0.29) is 12.5 Å². The van der Waals surface area contributed by atoms with E-state index in [1.807, 2.05) is 22.6 Å². The molecule has 5 nitrogen and oxygen atoms in total. The number of hydrogen-bond acceptors (Lipinski definition) is 3. The summed E-state index contributed by atoms with van der Waals surface area (Å²) in [7, 11) is 0. The molecule has 72 valence electrons. The van der Waals surface area contributed by atoms with E-state index in [1.165, 1.54) is 0 Å². The fraction of sp³-hybridized carbons (Fsp3) is 0.429. The number of aromatic amines is 1. The van der Waals surface area contributed by atoms with E-state index in [0.29, 0.717) is 5.69 Å². The average Bonchev–Trinajstić information content (AvgIpc) is 2.47. The molecule has 0 saturated heterocycles. The van der Waals surface area contributed by atoms with Gasteiger partial charge in [0.2, 0.25) is 0 Å². The molecule has 0 fully saturated rings. The summed E-state index contributed by atoms with van der Waals surface area (Å²) in [5.41, 5.74) is 0.432. The van der Waals surface area contributed by atoms with Crippen molar-refractivity contribution in [3.05, 3.63) is 15.5 Å². The Morgan fingerprint density at radius 2 is 2.62 bits per heavy atom. The van der Waals surface area contributed by atoms with E-state index >= 15 is 0 Å². The van der Waals surface area contributed by atoms with Gasteiger partial charge in [-0.3, -0.25) is 9.89 Å². The number of hydrogen-bond donors (Lipinski definition) is 3. The highest BCUT2D eigenvalue weighted by Crippen LogP contribution is 2.06. The molecule has 6 heteroatoms. The number of carbonyl (C=O) groups is 1. The van der Waals surface area contributed by atoms with Gasteiger partial charge in [0, 0.05) is 6.54 Å². The second-order valence-corrected chi connectivity index (χ2v) is 3.81. The van der Waals surface area contributed by atoms with Crippen molar-refractivity contribution in [2.75, 3.05) is 6.54 Å². The molecule has 0 unspecified atom stereocenters. The van der Waals surface area contributed by atoms with Crippen LogP contribution in [0.4, 0.5) is 0 Å². The van der Waals surface area contributed by atoms with Gasteiger partial charge in [-0.1, -0.05) is 0 Å². The van der Waals surface area contributed by atoms with Crippen LogP contribution in [0.15, 0.2) is 6.20 Å². The lowest BCUT2D eigenvalue weighted by atomic mass is 10.3. The Morgan fingerprint density at radius 1 is 1.92 bits per heavy atom. The maximum Gasteiger partial charge on any atom is 0.270 e. The molecule has 0 aliphatic heterocycles. The van der Waals surface area contributed by atoms with Gasteiger partial charge in [-0.15, -0.1) is 0 Å². The molecule has 1 atom stereocenters. The normalized spacial score (nSPS) is 12.5. The second kappa shape index (κ2) is 4.56. The fourth-order valence-electron chi connectivity index (χ4n) is 0.759. The Balaban J connectivity index is 2.54. The van der Waals surface area contributed by atoms with Crippen LogP contribution in [0.5, 0.6) is 0 Å². The smallest absolute Gasteiger partial charge is 0.270 e. The Morgan fingerprint density at radius 3 is 3.08 bits per heavy atom. The number of H-pyrrole nitrogens is 1. The molecule has 0 aliphatic rings. The molecule has 1 aromatic rings. The summed E-state index contributed by atoms with van der Waals surface area (Å²) in [6.07, 6.45) is 1.03. The summed E-state index contributed by atoms with van der Waals surface area (Å²) in [6, 6.07) is 0. The van der Waals surface area contributed by atoms with Gasteiger partial charge >= 0.3 is 0 Å². The molecule has 1 aromatic heterocycles. The van der Waals surface area contributed by atoms with Crippen LogP contribution in [-0.4, -0.2) is 33.9 Å². The molecular weight excluding hydrogens is 285 g/mol. The number of aliphatic hydroxyl groups is 1. The van der Waals surface area contributed by atoms with E-state index in [0.717, 1.165) is 3.57 Å². The van der Waals surface area contributed by atoms with E-state index in [2.05, 4.69) is 15.5 Å². The van der Waals surface area contributed by atoms with E-state index in [4.69, 9.17) is 5.11 Å². The lowest BCUT2D eigenvalue weighted by molar-refractivity contribution is 0.0918. The lowest BCUT2D eigenvalue weighted by Gasteiger charge is -2.05. The van der Waals surface area contributed by atoms with Crippen LogP contribution in [0.3, 0.4) is 0 Å². The largest absolute Gasteiger partial charge is 0.392 e. The van der Waals surface area contributed by atoms with E-state index in [1.54, 1.807) is 13.1 Å². The van der Waals surface area contributed by atoms with Crippen LogP contribution in [0.1, 0.15) is 17.4 Å². The summed E-state index contributed by atoms with van der Waals surface area (Å²) >= 11 is 2.01. The van der Waals surface area contributed by atoms with E-state index < -0.39 is 6.10 Å². The molecule has 1 heterocycles. The van der Waals surface area contributed by atoms with Crippen LogP contribution >= 0.6 is 22.6 Å². The van der Waals surface area contributed by atoms with Gasteiger partial charge in [0.1, 0.15) is 5.69 Å². The average molecular weight is 295 g/mol. The lowest BCUT2D eigenvalue weighted by Crippen LogP contribution is -2.31. The van der Waals surface area contributed by atoms with Gasteiger partial charge in [0.05, 0.1) is 15.9 Å². The number of amides is 1. The fourth-order valence-corrected chi connectivity index (χ4v) is 1.26. The molecule has 13 heavy (non-hydrogen) atoms. The van der Waals surface area contributed by atoms with Crippen molar-refractivity contribution in [2.45, 2.75) is 13.0 Å². The maximum atomic E-state index is 11.3. The number of aliphatic hydroxyl groups excluding tert-OH is 1. The maximum absolute atomic E-state index is 11.3. The van der Waals surface area contributed by atoms with Crippen molar-refractivity contribution in [3.8, 4) is 0 Å². The first-order valence-corrected chi connectivity index (χ1v) is 4.84. The molecule has 3 N–H and O–H groups in total. The number of nitrogens with zero attached hydrogens (tertiary/aromatic N) is 1. The van der Waals surface area contributed by atoms with Crippen molar-refractivity contribution in [1.82, 2.24) is 15.5 Å². The van der Waals surface area contributed by atoms with Crippen LogP contribution in [0.2, 0.25) is 0 Å². The number of aromatic nitrogens is 2. The zero-order valence-electron chi connectivity index (χ0n) is 7.04. The Kier molecular flexibility index (Phi) is 3.67. The highest BCUT2D eigenvalue weighted by molar-refractivity contribution is 14.1. The number of nitrogens with one attached hydrogen (secondary N) is 2. The van der Waals surface area contributed by atoms with Crippen LogP contribution in [0.25, 0.3) is 0 Å². The minimum atomic E-state index is -0.537. The summed E-state index contributed by atoms with van der Waals surface area (Å²) in [4.78, 5) is 11.3. The summed E-state index contributed by atoms with van der Waals surface area (Å²) in [5.74, 6) is -0.247. The van der Waals surface area contributed by atoms with Crippen molar-refractivity contribution in [2.24, 2.45) is 0 Å². The van der Waals surface area contributed by atoms with E-state index in [9.17, 15) is 4.79 Å². The number of halogens is 1. The SMILES string of the molecule is C[C@H](O)CNC(=O)c1[nH]ncc1I. The first-order chi connectivity index (χ1) is 6.11. The summed E-state index contributed by atoms with van der Waals surface area (Å²) in [5, 5.41) is 17.8. The van der Waals surface area contributed by atoms with Crippen molar-refractivity contribution < 1.29 is 9.90 Å². The van der Waals surface area contributed by atoms with Gasteiger partial charge in [-0.05, 0) is 29.5 Å². The minimum Gasteiger partial charge on any atom is -0.392 e. The first-order valence-electron chi connectivity index (χ1n) is 3.76. The third-order valence-corrected chi connectivity index (χ3v) is 2.20. The van der Waals surface area contributed by atoms with Gasteiger partial charge < -0.3 is 10.4 Å². The first kappa shape index (κ1) is 10.5. The molecule has 0 saturated carbocycles. The molecule has 0 aromatic carbocycles. The predicted octanol–water partition coefficient (Wildman–Crippen LogP) is 0.125. The third kappa shape index (κ3) is 2.96. The zero-order chi connectivity index (χ0) is 9.84. The summed E-state index contributed by atoms with van der Waals surface area (Å²) < 4.78 is 0.765. The quantitative estimate of drug-likeness (QED) is 0.693. The Bertz CT molecular complexity index is 298.